The maximum atomic E-state index is 11.6. The summed E-state index contributed by atoms with van der Waals surface area (Å²) in [7, 11) is 0. The minimum Gasteiger partial charge on any atom is -0.381 e. The fourth-order valence-corrected chi connectivity index (χ4v) is 1.89. The molecule has 3 nitrogen and oxygen atoms in total. The zero-order valence-electron chi connectivity index (χ0n) is 9.14. The van der Waals surface area contributed by atoms with Crippen LogP contribution in [0.4, 0.5) is 0 Å². The first kappa shape index (κ1) is 12.8. The minimum atomic E-state index is 0.0757. The third kappa shape index (κ3) is 5.38. The molecule has 1 N–H and O–H groups in total. The van der Waals surface area contributed by atoms with Crippen molar-refractivity contribution in [3.63, 3.8) is 0 Å². The third-order valence-electron chi connectivity index (χ3n) is 2.64. The molecule has 1 unspecified atom stereocenters. The van der Waals surface area contributed by atoms with Crippen molar-refractivity contribution < 1.29 is 9.53 Å². The lowest BCUT2D eigenvalue weighted by atomic mass is 10.0. The predicted molar refractivity (Wildman–Crippen MR) is 61.1 cm³/mol. The predicted octanol–water partition coefficient (Wildman–Crippen LogP) is 1.94. The minimum absolute atomic E-state index is 0.0757. The van der Waals surface area contributed by atoms with Crippen LogP contribution in [0.2, 0.25) is 0 Å². The second-order valence-corrected chi connectivity index (χ2v) is 4.33. The van der Waals surface area contributed by atoms with Gasteiger partial charge in [-0.1, -0.05) is 6.42 Å². The average molecular weight is 234 g/mol. The van der Waals surface area contributed by atoms with Crippen molar-refractivity contribution in [2.75, 3.05) is 25.6 Å². The van der Waals surface area contributed by atoms with E-state index in [2.05, 4.69) is 5.32 Å². The summed E-state index contributed by atoms with van der Waals surface area (Å²) in [6.45, 7) is 2.17. The van der Waals surface area contributed by atoms with Gasteiger partial charge in [0, 0.05) is 19.0 Å². The number of alkyl halides is 1. The van der Waals surface area contributed by atoms with Crippen LogP contribution in [0.3, 0.4) is 0 Å². The quantitative estimate of drug-likeness (QED) is 0.563. The summed E-state index contributed by atoms with van der Waals surface area (Å²) in [4.78, 5) is 11.6. The lowest BCUT2D eigenvalue weighted by Gasteiger charge is -2.21. The van der Waals surface area contributed by atoms with Gasteiger partial charge in [0.15, 0.2) is 0 Å². The smallest absolute Gasteiger partial charge is 0.225 e. The largest absolute Gasteiger partial charge is 0.381 e. The molecule has 0 saturated carbocycles. The van der Waals surface area contributed by atoms with Crippen molar-refractivity contribution >= 4 is 17.5 Å². The molecular formula is C11H20ClNO2. The highest BCUT2D eigenvalue weighted by Crippen LogP contribution is 2.13. The first-order chi connectivity index (χ1) is 7.34. The van der Waals surface area contributed by atoms with Crippen molar-refractivity contribution in [3.8, 4) is 0 Å². The zero-order valence-corrected chi connectivity index (χ0v) is 9.89. The summed E-state index contributed by atoms with van der Waals surface area (Å²) >= 11 is 5.56. The standard InChI is InChI=1S/C11H20ClNO2/c12-6-2-1-3-7-13-11(14)10-5-4-8-15-9-10/h10H,1-9H2,(H,13,14). The Morgan fingerprint density at radius 1 is 1.40 bits per heavy atom. The summed E-state index contributed by atoms with van der Waals surface area (Å²) in [5.41, 5.74) is 0. The number of hydrogen-bond acceptors (Lipinski definition) is 2. The molecule has 0 aromatic heterocycles. The van der Waals surface area contributed by atoms with Crippen LogP contribution in [0, 0.1) is 5.92 Å². The Bertz CT molecular complexity index is 181. The van der Waals surface area contributed by atoms with Crippen LogP contribution in [0.15, 0.2) is 0 Å². The molecule has 1 saturated heterocycles. The van der Waals surface area contributed by atoms with Gasteiger partial charge in [-0.15, -0.1) is 11.6 Å². The lowest BCUT2D eigenvalue weighted by molar-refractivity contribution is -0.128. The Balaban J connectivity index is 2.02. The molecule has 1 atom stereocenters. The number of unbranched alkanes of at least 4 members (excludes halogenated alkanes) is 2. The van der Waals surface area contributed by atoms with E-state index in [1.54, 1.807) is 0 Å². The number of carbonyl (C=O) groups is 1. The average Bonchev–Trinajstić information content (AvgIpc) is 2.30. The van der Waals surface area contributed by atoms with E-state index in [0.29, 0.717) is 12.5 Å². The highest BCUT2D eigenvalue weighted by molar-refractivity contribution is 6.17. The van der Waals surface area contributed by atoms with E-state index in [0.717, 1.165) is 45.3 Å². The SMILES string of the molecule is O=C(NCCCCCCl)C1CCCOC1. The fraction of sp³-hybridized carbons (Fsp3) is 0.909. The second-order valence-electron chi connectivity index (χ2n) is 3.95. The number of ether oxygens (including phenoxy) is 1. The Labute approximate surface area is 96.5 Å². The molecule has 0 bridgehead atoms. The molecule has 4 heteroatoms. The Hall–Kier alpha value is -0.280. The molecule has 1 aliphatic rings. The summed E-state index contributed by atoms with van der Waals surface area (Å²) in [5, 5.41) is 2.95. The number of nitrogens with one attached hydrogen (secondary N) is 1. The van der Waals surface area contributed by atoms with Gasteiger partial charge >= 0.3 is 0 Å². The molecule has 1 rings (SSSR count). The van der Waals surface area contributed by atoms with Gasteiger partial charge in [-0.25, -0.2) is 0 Å². The van der Waals surface area contributed by atoms with Crippen LogP contribution in [0.5, 0.6) is 0 Å². The number of carbonyl (C=O) groups excluding carboxylic acids is 1. The maximum Gasteiger partial charge on any atom is 0.225 e. The molecule has 1 fully saturated rings. The molecule has 15 heavy (non-hydrogen) atoms. The molecule has 1 heterocycles. The van der Waals surface area contributed by atoms with E-state index in [4.69, 9.17) is 16.3 Å². The number of amides is 1. The van der Waals surface area contributed by atoms with Crippen LogP contribution in [0.25, 0.3) is 0 Å². The Morgan fingerprint density at radius 2 is 2.27 bits per heavy atom. The van der Waals surface area contributed by atoms with Crippen molar-refractivity contribution in [1.29, 1.82) is 0 Å². The van der Waals surface area contributed by atoms with Gasteiger partial charge in [0.1, 0.15) is 0 Å². The highest BCUT2D eigenvalue weighted by Gasteiger charge is 2.20. The van der Waals surface area contributed by atoms with E-state index in [9.17, 15) is 4.79 Å². The van der Waals surface area contributed by atoms with Gasteiger partial charge in [-0.05, 0) is 25.7 Å². The second kappa shape index (κ2) is 7.94. The van der Waals surface area contributed by atoms with E-state index in [1.807, 2.05) is 0 Å². The molecule has 88 valence electrons. The van der Waals surface area contributed by atoms with E-state index in [-0.39, 0.29) is 11.8 Å². The van der Waals surface area contributed by atoms with Crippen molar-refractivity contribution in [2.24, 2.45) is 5.92 Å². The number of halogens is 1. The van der Waals surface area contributed by atoms with Crippen molar-refractivity contribution in [1.82, 2.24) is 5.32 Å². The van der Waals surface area contributed by atoms with E-state index in [1.165, 1.54) is 0 Å². The van der Waals surface area contributed by atoms with Crippen LogP contribution >= 0.6 is 11.6 Å². The Morgan fingerprint density at radius 3 is 2.93 bits per heavy atom. The first-order valence-electron chi connectivity index (χ1n) is 5.76. The van der Waals surface area contributed by atoms with Crippen LogP contribution in [0.1, 0.15) is 32.1 Å². The van der Waals surface area contributed by atoms with Gasteiger partial charge in [0.2, 0.25) is 5.91 Å². The normalized spacial score (nSPS) is 21.3. The topological polar surface area (TPSA) is 38.3 Å². The van der Waals surface area contributed by atoms with E-state index >= 15 is 0 Å². The summed E-state index contributed by atoms with van der Waals surface area (Å²) in [6, 6.07) is 0. The summed E-state index contributed by atoms with van der Waals surface area (Å²) in [6.07, 6.45) is 5.11. The van der Waals surface area contributed by atoms with Gasteiger partial charge in [0.05, 0.1) is 12.5 Å². The monoisotopic (exact) mass is 233 g/mol. The van der Waals surface area contributed by atoms with Gasteiger partial charge in [-0.3, -0.25) is 4.79 Å². The van der Waals surface area contributed by atoms with Crippen molar-refractivity contribution in [2.45, 2.75) is 32.1 Å². The maximum absolute atomic E-state index is 11.6. The molecule has 0 spiro atoms. The lowest BCUT2D eigenvalue weighted by Crippen LogP contribution is -2.36. The highest BCUT2D eigenvalue weighted by atomic mass is 35.5. The fourth-order valence-electron chi connectivity index (χ4n) is 1.70. The molecule has 0 aromatic rings. The number of hydrogen-bond donors (Lipinski definition) is 1. The molecule has 0 aromatic carbocycles. The van der Waals surface area contributed by atoms with E-state index < -0.39 is 0 Å². The molecule has 1 aliphatic heterocycles. The molecular weight excluding hydrogens is 214 g/mol. The van der Waals surface area contributed by atoms with Crippen LogP contribution < -0.4 is 5.32 Å². The molecule has 0 aliphatic carbocycles. The van der Waals surface area contributed by atoms with Gasteiger partial charge in [0.25, 0.3) is 0 Å². The van der Waals surface area contributed by atoms with Crippen LogP contribution in [-0.4, -0.2) is 31.5 Å². The van der Waals surface area contributed by atoms with Crippen LogP contribution in [-0.2, 0) is 9.53 Å². The third-order valence-corrected chi connectivity index (χ3v) is 2.91. The van der Waals surface area contributed by atoms with Gasteiger partial charge in [-0.2, -0.15) is 0 Å². The number of rotatable bonds is 6. The first-order valence-corrected chi connectivity index (χ1v) is 6.29. The summed E-state index contributed by atoms with van der Waals surface area (Å²) < 4.78 is 5.27. The zero-order chi connectivity index (χ0) is 10.9. The van der Waals surface area contributed by atoms with Crippen molar-refractivity contribution in [3.05, 3.63) is 0 Å². The molecule has 1 amide bonds. The molecule has 0 radical (unpaired) electrons. The summed E-state index contributed by atoms with van der Waals surface area (Å²) in [5.74, 6) is 0.942. The van der Waals surface area contributed by atoms with Gasteiger partial charge < -0.3 is 10.1 Å². The Kier molecular flexibility index (Phi) is 6.77.